The van der Waals surface area contributed by atoms with Crippen molar-refractivity contribution in [2.45, 2.75) is 13.8 Å². The fourth-order valence-corrected chi connectivity index (χ4v) is 3.56. The number of imide groups is 2. The van der Waals surface area contributed by atoms with Gasteiger partial charge in [-0.05, 0) is 60.9 Å². The summed E-state index contributed by atoms with van der Waals surface area (Å²) >= 11 is 0. The van der Waals surface area contributed by atoms with E-state index >= 15 is 0 Å². The fourth-order valence-electron chi connectivity index (χ4n) is 3.56. The summed E-state index contributed by atoms with van der Waals surface area (Å²) in [5, 5.41) is 0. The molecule has 0 saturated carbocycles. The Morgan fingerprint density at radius 1 is 0.656 bits per heavy atom. The Morgan fingerprint density at radius 3 is 1.69 bits per heavy atom. The van der Waals surface area contributed by atoms with E-state index in [4.69, 9.17) is 0 Å². The molecule has 0 atom stereocenters. The van der Waals surface area contributed by atoms with Gasteiger partial charge in [0.25, 0.3) is 11.8 Å². The number of rotatable bonds is 4. The summed E-state index contributed by atoms with van der Waals surface area (Å²) in [4.78, 5) is 42.1. The fraction of sp³-hybridized carbons (Fsp3) is 0.0741. The Balaban J connectivity index is 1.80. The maximum Gasteiger partial charge on any atom is 0.343 e. The Labute approximate surface area is 186 Å². The number of anilines is 2. The van der Waals surface area contributed by atoms with E-state index in [1.54, 1.807) is 48.6 Å². The second-order valence-electron chi connectivity index (χ2n) is 7.59. The summed E-state index contributed by atoms with van der Waals surface area (Å²) in [5.74, 6) is -1.29. The minimum Gasteiger partial charge on any atom is -0.268 e. The highest BCUT2D eigenvalue weighted by Gasteiger charge is 2.43. The van der Waals surface area contributed by atoms with Crippen molar-refractivity contribution in [3.63, 3.8) is 0 Å². The van der Waals surface area contributed by atoms with E-state index in [1.807, 2.05) is 56.3 Å². The predicted octanol–water partition coefficient (Wildman–Crippen LogP) is 5.44. The van der Waals surface area contributed by atoms with Crippen LogP contribution >= 0.6 is 0 Å². The van der Waals surface area contributed by atoms with Crippen molar-refractivity contribution in [2.75, 3.05) is 9.80 Å². The number of urea groups is 1. The van der Waals surface area contributed by atoms with E-state index < -0.39 is 17.8 Å². The molecule has 1 saturated heterocycles. The zero-order chi connectivity index (χ0) is 22.7. The van der Waals surface area contributed by atoms with Crippen molar-refractivity contribution in [2.24, 2.45) is 0 Å². The maximum absolute atomic E-state index is 13.4. The molecule has 158 valence electrons. The van der Waals surface area contributed by atoms with Gasteiger partial charge >= 0.3 is 6.03 Å². The van der Waals surface area contributed by atoms with Gasteiger partial charge in [0.1, 0.15) is 5.57 Å². The van der Waals surface area contributed by atoms with E-state index in [0.29, 0.717) is 11.4 Å². The molecule has 0 spiro atoms. The minimum atomic E-state index is -0.694. The van der Waals surface area contributed by atoms with Gasteiger partial charge in [-0.3, -0.25) is 9.59 Å². The van der Waals surface area contributed by atoms with Gasteiger partial charge in [-0.15, -0.1) is 0 Å². The van der Waals surface area contributed by atoms with Gasteiger partial charge < -0.3 is 0 Å². The van der Waals surface area contributed by atoms with E-state index in [0.717, 1.165) is 26.5 Å². The van der Waals surface area contributed by atoms with Crippen molar-refractivity contribution in [1.29, 1.82) is 0 Å². The number of hydrogen-bond acceptors (Lipinski definition) is 3. The summed E-state index contributed by atoms with van der Waals surface area (Å²) in [7, 11) is 0. The normalized spacial score (nSPS) is 14.4. The van der Waals surface area contributed by atoms with Crippen LogP contribution in [0, 0.1) is 13.8 Å². The molecule has 0 aliphatic carbocycles. The molecule has 5 nitrogen and oxygen atoms in total. The third-order valence-electron chi connectivity index (χ3n) is 5.12. The van der Waals surface area contributed by atoms with E-state index in [2.05, 4.69) is 0 Å². The highest BCUT2D eigenvalue weighted by Crippen LogP contribution is 2.29. The molecule has 0 radical (unpaired) electrons. The van der Waals surface area contributed by atoms with Crippen LogP contribution in [0.15, 0.2) is 96.6 Å². The van der Waals surface area contributed by atoms with Crippen LogP contribution in [-0.4, -0.2) is 17.8 Å². The molecule has 3 aromatic carbocycles. The Kier molecular flexibility index (Phi) is 5.81. The first-order valence-corrected chi connectivity index (χ1v) is 10.3. The number of benzene rings is 3. The van der Waals surface area contributed by atoms with E-state index in [-0.39, 0.29) is 5.57 Å². The number of nitrogens with zero attached hydrogens (tertiary/aromatic N) is 2. The number of allylic oxidation sites excluding steroid dienone is 2. The van der Waals surface area contributed by atoms with Gasteiger partial charge in [-0.1, -0.05) is 66.7 Å². The minimum absolute atomic E-state index is 0.0835. The van der Waals surface area contributed by atoms with Gasteiger partial charge in [-0.25, -0.2) is 14.6 Å². The molecule has 1 aliphatic rings. The van der Waals surface area contributed by atoms with Gasteiger partial charge in [0.05, 0.1) is 11.4 Å². The third-order valence-corrected chi connectivity index (χ3v) is 5.12. The third kappa shape index (κ3) is 4.14. The average Bonchev–Trinajstić information content (AvgIpc) is 2.77. The molecule has 5 heteroatoms. The van der Waals surface area contributed by atoms with Gasteiger partial charge in [0.2, 0.25) is 0 Å². The summed E-state index contributed by atoms with van der Waals surface area (Å²) in [6.45, 7) is 3.76. The Bertz CT molecular complexity index is 1190. The number of barbiturate groups is 1. The van der Waals surface area contributed by atoms with Gasteiger partial charge in [0.15, 0.2) is 0 Å². The molecule has 32 heavy (non-hydrogen) atoms. The lowest BCUT2D eigenvalue weighted by atomic mass is 10.1. The predicted molar refractivity (Wildman–Crippen MR) is 126 cm³/mol. The van der Waals surface area contributed by atoms with Crippen LogP contribution < -0.4 is 9.80 Å². The van der Waals surface area contributed by atoms with Gasteiger partial charge in [-0.2, -0.15) is 0 Å². The zero-order valence-corrected chi connectivity index (χ0v) is 17.9. The van der Waals surface area contributed by atoms with Crippen LogP contribution in [0.5, 0.6) is 0 Å². The summed E-state index contributed by atoms with van der Waals surface area (Å²) < 4.78 is 0. The number of carbonyl (C=O) groups is 3. The second kappa shape index (κ2) is 8.86. The molecule has 4 amide bonds. The Morgan fingerprint density at radius 2 is 1.19 bits per heavy atom. The molecule has 4 rings (SSSR count). The first-order valence-electron chi connectivity index (χ1n) is 10.3. The number of hydrogen-bond donors (Lipinski definition) is 0. The molecule has 0 unspecified atom stereocenters. The SMILES string of the molecule is Cc1cccc(N2C(=O)C(=C/C=C/c3ccccc3)C(=O)N(c3cccc(C)c3)C2=O)c1. The lowest BCUT2D eigenvalue weighted by Crippen LogP contribution is -2.57. The topological polar surface area (TPSA) is 57.7 Å². The molecule has 1 heterocycles. The van der Waals surface area contributed by atoms with Crippen molar-refractivity contribution in [3.8, 4) is 0 Å². The highest BCUT2D eigenvalue weighted by molar-refractivity contribution is 6.45. The molecule has 0 N–H and O–H groups in total. The number of aryl methyl sites for hydroxylation is 2. The number of amides is 4. The summed E-state index contributed by atoms with van der Waals surface area (Å²) in [6, 6.07) is 23.0. The summed E-state index contributed by atoms with van der Waals surface area (Å²) in [5.41, 5.74) is 3.49. The highest BCUT2D eigenvalue weighted by atomic mass is 16.2. The average molecular weight is 422 g/mol. The van der Waals surface area contributed by atoms with Crippen molar-refractivity contribution < 1.29 is 14.4 Å². The molecule has 1 aliphatic heterocycles. The number of carbonyl (C=O) groups excluding carboxylic acids is 3. The van der Waals surface area contributed by atoms with Crippen LogP contribution in [0.1, 0.15) is 16.7 Å². The quantitative estimate of drug-likeness (QED) is 0.415. The maximum atomic E-state index is 13.4. The van der Waals surface area contributed by atoms with Crippen LogP contribution in [0.3, 0.4) is 0 Å². The van der Waals surface area contributed by atoms with Crippen molar-refractivity contribution in [1.82, 2.24) is 0 Å². The monoisotopic (exact) mass is 422 g/mol. The van der Waals surface area contributed by atoms with Crippen molar-refractivity contribution >= 4 is 35.3 Å². The van der Waals surface area contributed by atoms with Crippen LogP contribution in [0.4, 0.5) is 16.2 Å². The largest absolute Gasteiger partial charge is 0.343 e. The smallest absolute Gasteiger partial charge is 0.268 e. The van der Waals surface area contributed by atoms with Crippen LogP contribution in [0.2, 0.25) is 0 Å². The van der Waals surface area contributed by atoms with Crippen molar-refractivity contribution in [3.05, 3.63) is 113 Å². The first-order chi connectivity index (χ1) is 15.5. The summed E-state index contributed by atoms with van der Waals surface area (Å²) in [6.07, 6.45) is 4.92. The zero-order valence-electron chi connectivity index (χ0n) is 17.9. The Hall–Kier alpha value is -4.25. The van der Waals surface area contributed by atoms with Gasteiger partial charge in [0, 0.05) is 0 Å². The molecule has 0 aromatic heterocycles. The molecule has 3 aromatic rings. The molecule has 1 fully saturated rings. The lowest BCUT2D eigenvalue weighted by Gasteiger charge is -2.34. The lowest BCUT2D eigenvalue weighted by molar-refractivity contribution is -0.121. The molecular weight excluding hydrogens is 400 g/mol. The first kappa shape index (κ1) is 21.0. The van der Waals surface area contributed by atoms with Crippen LogP contribution in [0.25, 0.3) is 6.08 Å². The molecular formula is C27H22N2O3. The second-order valence-corrected chi connectivity index (χ2v) is 7.59. The van der Waals surface area contributed by atoms with E-state index in [9.17, 15) is 14.4 Å². The molecule has 0 bridgehead atoms. The van der Waals surface area contributed by atoms with E-state index in [1.165, 1.54) is 6.08 Å². The standard InChI is InChI=1S/C27H22N2O3/c1-19-9-6-14-22(17-19)28-25(30)24(16-8-13-21-11-4-3-5-12-21)26(31)29(27(28)32)23-15-7-10-20(2)18-23/h3-18H,1-2H3/b13-8+. The van der Waals surface area contributed by atoms with Crippen LogP contribution in [-0.2, 0) is 9.59 Å².